The standard InChI is InChI=1S/C62H75B34N/c63-12-1-8(2-13(64)26(12)21-10-4-18(69)37(71)41(75)24(10)32-34(40(21)74)52(86)61(95)59(93)50(32)84)97(19-6-16(67)27(46(80)38(19)72)22-9-3-14(65)30-31(23(9)43(77)55(89)42(22)76)49(83)58(92)57(91)48(30)82)20-7-17(68)29(47(81)39(20)73)28-15(66)5-11(36(70)45(28)79)25-33-35(53(87)56(90)44(25)78)54(88)62(96)60(94)51(33)85/h1-7H,63-96H2. The van der Waals surface area contributed by atoms with Crippen LogP contribution in [0.1, 0.15) is 0 Å². The molecule has 97 heavy (non-hydrogen) atoms. The van der Waals surface area contributed by atoms with Gasteiger partial charge in [-0.3, -0.25) is 0 Å². The Bertz CT molecular complexity index is 5680. The van der Waals surface area contributed by atoms with Crippen molar-refractivity contribution in [1.29, 1.82) is 0 Å². The van der Waals surface area contributed by atoms with Crippen molar-refractivity contribution in [3.63, 3.8) is 0 Å². The molecule has 0 heterocycles. The second-order valence-electron chi connectivity index (χ2n) is 31.1. The lowest BCUT2D eigenvalue weighted by Gasteiger charge is -2.35. The smallest absolute Gasteiger partial charge is 0.141 e. The summed E-state index contributed by atoms with van der Waals surface area (Å²) in [7, 11) is 80.4. The number of nitrogens with zero attached hydrogens (tertiary/aromatic N) is 1. The first-order chi connectivity index (χ1) is 45.3. The summed E-state index contributed by atoms with van der Waals surface area (Å²) in [6.07, 6.45) is 0. The van der Waals surface area contributed by atoms with Gasteiger partial charge in [0.15, 0.2) is 0 Å². The SMILES string of the molecule is Bc1cc2c(-c3c(B)cc(N(c4cc(B)c(-c5c(B)cc(-c6c(B)c(B)c(B)c7c(B)c(B)c(B)c(B)c67)c(B)c5B)c(B)c4B)c4cc(B)c(-c5c(B)c(B)c(B)c6c5cc(B)c5c(B)c(B)c(B)c(B)c56)c(B)c4B)cc3B)c(B)c3c(B)c(B)c(B)c(B)c3c2c(B)c1B. The predicted octanol–water partition coefficient (Wildman–Crippen LogP) is -41.6. The zero-order valence-electron chi connectivity index (χ0n) is 66.0. The maximum absolute atomic E-state index is 2.67. The minimum Gasteiger partial charge on any atom is -0.312 e. The molecule has 0 aliphatic carbocycles. The molecule has 0 N–H and O–H groups in total. The number of hydrogen-bond acceptors (Lipinski definition) is 1. The summed E-state index contributed by atoms with van der Waals surface area (Å²) in [4.78, 5) is 2.67. The highest BCUT2D eigenvalue weighted by molar-refractivity contribution is 6.77. The Morgan fingerprint density at radius 1 is 0.155 bits per heavy atom. The molecule has 430 valence electrons. The zero-order valence-corrected chi connectivity index (χ0v) is 66.0. The van der Waals surface area contributed by atoms with Gasteiger partial charge in [-0.1, -0.05) is 155 Å². The fourth-order valence-electron chi connectivity index (χ4n) is 19.0. The molecule has 0 aromatic heterocycles. The van der Waals surface area contributed by atoms with Crippen LogP contribution in [0.2, 0.25) is 0 Å². The minimum atomic E-state index is 1.18. The third-order valence-corrected chi connectivity index (χ3v) is 26.5. The van der Waals surface area contributed by atoms with Gasteiger partial charge >= 0.3 is 0 Å². The molecule has 0 aliphatic rings. The van der Waals surface area contributed by atoms with Crippen molar-refractivity contribution < 1.29 is 0 Å². The first-order valence-electron chi connectivity index (χ1n) is 36.0. The highest BCUT2D eigenvalue weighted by Crippen LogP contribution is 2.36. The van der Waals surface area contributed by atoms with E-state index in [1.165, 1.54) is 301 Å². The maximum atomic E-state index is 2.67. The van der Waals surface area contributed by atoms with Crippen LogP contribution in [0, 0.1) is 0 Å². The molecular formula is C62H75B34N. The van der Waals surface area contributed by atoms with Crippen molar-refractivity contribution in [2.45, 2.75) is 0 Å². The molecule has 0 amide bonds. The molecule has 0 saturated heterocycles. The summed E-state index contributed by atoms with van der Waals surface area (Å²) >= 11 is 0. The fourth-order valence-corrected chi connectivity index (χ4v) is 19.0. The Morgan fingerprint density at radius 3 is 0.897 bits per heavy atom. The lowest BCUT2D eigenvalue weighted by Crippen LogP contribution is -2.52. The van der Waals surface area contributed by atoms with E-state index in [2.05, 4.69) is 314 Å². The number of hydrogen-bond donors (Lipinski definition) is 0. The third-order valence-electron chi connectivity index (χ3n) is 26.5. The van der Waals surface area contributed by atoms with Gasteiger partial charge in [0, 0.05) is 17.1 Å². The van der Waals surface area contributed by atoms with E-state index in [0.717, 1.165) is 0 Å². The minimum absolute atomic E-state index is 1.18. The van der Waals surface area contributed by atoms with Gasteiger partial charge in [-0.25, -0.2) is 0 Å². The molecule has 12 aromatic carbocycles. The highest BCUT2D eigenvalue weighted by atomic mass is 15.1. The van der Waals surface area contributed by atoms with Gasteiger partial charge in [0.05, 0.1) is 0 Å². The van der Waals surface area contributed by atoms with E-state index in [-0.39, 0.29) is 0 Å². The van der Waals surface area contributed by atoms with Crippen molar-refractivity contribution >= 4 is 523 Å². The molecule has 0 unspecified atom stereocenters. The van der Waals surface area contributed by atoms with Crippen molar-refractivity contribution in [3.05, 3.63) is 42.5 Å². The molecule has 0 aliphatic heterocycles. The Labute approximate surface area is 610 Å². The molecular weight excluding hydrogens is 1130 g/mol. The molecule has 1 nitrogen and oxygen atoms in total. The third kappa shape index (κ3) is 10.1. The van der Waals surface area contributed by atoms with E-state index >= 15 is 0 Å². The van der Waals surface area contributed by atoms with Gasteiger partial charge in [0.1, 0.15) is 267 Å². The molecule has 0 bridgehead atoms. The average molecular weight is 1200 g/mol. The lowest BCUT2D eigenvalue weighted by molar-refractivity contribution is 1.32. The Kier molecular flexibility index (Phi) is 18.2. The first kappa shape index (κ1) is 70.8. The van der Waals surface area contributed by atoms with Crippen LogP contribution < -0.4 is 191 Å². The topological polar surface area (TPSA) is 3.24 Å². The summed E-state index contributed by atoms with van der Waals surface area (Å²) in [5, 5.41) is 14.0. The van der Waals surface area contributed by atoms with Crippen LogP contribution in [-0.2, 0) is 0 Å². The Morgan fingerprint density at radius 2 is 0.443 bits per heavy atom. The summed E-state index contributed by atoms with van der Waals surface area (Å²) < 4.78 is 0. The van der Waals surface area contributed by atoms with Crippen molar-refractivity contribution in [1.82, 2.24) is 0 Å². The van der Waals surface area contributed by atoms with Gasteiger partial charge in [-0.2, -0.15) is 0 Å². The van der Waals surface area contributed by atoms with Crippen LogP contribution in [0.4, 0.5) is 17.1 Å². The summed E-state index contributed by atoms with van der Waals surface area (Å²) in [5.74, 6) is 0. The largest absolute Gasteiger partial charge is 0.312 e. The van der Waals surface area contributed by atoms with E-state index in [4.69, 9.17) is 0 Å². The molecule has 0 fully saturated rings. The van der Waals surface area contributed by atoms with E-state index in [0.29, 0.717) is 0 Å². The van der Waals surface area contributed by atoms with Gasteiger partial charge in [-0.05, 0) is 123 Å². The molecule has 0 radical (unpaired) electrons. The molecule has 12 rings (SSSR count). The van der Waals surface area contributed by atoms with E-state index in [9.17, 15) is 0 Å². The summed E-state index contributed by atoms with van der Waals surface area (Å²) in [6.45, 7) is 0. The van der Waals surface area contributed by atoms with E-state index in [1.54, 1.807) is 0 Å². The quantitative estimate of drug-likeness (QED) is 0.114. The van der Waals surface area contributed by atoms with Crippen LogP contribution >= 0.6 is 0 Å². The van der Waals surface area contributed by atoms with Crippen molar-refractivity contribution in [2.75, 3.05) is 4.90 Å². The molecule has 0 atom stereocenters. The molecule has 12 aromatic rings. The average Bonchev–Trinajstić information content (AvgIpc) is 0.723. The number of rotatable bonds is 7. The van der Waals surface area contributed by atoms with Gasteiger partial charge in [-0.15, -0.1) is 49.2 Å². The summed E-state index contributed by atoms with van der Waals surface area (Å²) in [5.41, 5.74) is 60.8. The predicted molar refractivity (Wildman–Crippen MR) is 548 cm³/mol. The lowest BCUT2D eigenvalue weighted by atomic mass is 9.57. The molecule has 0 saturated carbocycles. The fraction of sp³-hybridized carbons (Fsp3) is 0. The second-order valence-corrected chi connectivity index (χ2v) is 31.1. The van der Waals surface area contributed by atoms with Crippen LogP contribution in [0.3, 0.4) is 0 Å². The number of fused-ring (bicyclic) bond motifs is 7. The number of anilines is 3. The molecule has 35 heteroatoms. The van der Waals surface area contributed by atoms with E-state index in [1.807, 2.05) is 0 Å². The van der Waals surface area contributed by atoms with Crippen LogP contribution in [0.25, 0.3) is 98.4 Å². The zero-order chi connectivity index (χ0) is 71.3. The van der Waals surface area contributed by atoms with Crippen molar-refractivity contribution in [2.24, 2.45) is 0 Å². The van der Waals surface area contributed by atoms with Crippen LogP contribution in [0.5, 0.6) is 0 Å². The molecule has 0 spiro atoms. The second kappa shape index (κ2) is 24.9. The monoisotopic (exact) mass is 1210 g/mol. The van der Waals surface area contributed by atoms with Gasteiger partial charge < -0.3 is 4.90 Å². The maximum Gasteiger partial charge on any atom is 0.141 e. The Balaban J connectivity index is 1.14. The highest BCUT2D eigenvalue weighted by Gasteiger charge is 2.30. The summed E-state index contributed by atoms with van der Waals surface area (Å²) in [6, 6.07) is 17.7. The number of benzene rings is 12. The van der Waals surface area contributed by atoms with Crippen molar-refractivity contribution in [3.8, 4) is 44.5 Å². The van der Waals surface area contributed by atoms with Crippen LogP contribution in [-0.4, -0.2) is 267 Å². The van der Waals surface area contributed by atoms with E-state index < -0.39 is 0 Å². The van der Waals surface area contributed by atoms with Gasteiger partial charge in [0.25, 0.3) is 0 Å². The van der Waals surface area contributed by atoms with Crippen LogP contribution in [0.15, 0.2) is 42.5 Å². The van der Waals surface area contributed by atoms with Gasteiger partial charge in [0.2, 0.25) is 0 Å². The Hall–Kier alpha value is -6.05. The normalized spacial score (nSPS) is 11.7. The first-order valence-corrected chi connectivity index (χ1v) is 36.0.